The molecule has 21 heavy (non-hydrogen) atoms. The van der Waals surface area contributed by atoms with Crippen LogP contribution in [-0.2, 0) is 9.05 Å². The summed E-state index contributed by atoms with van der Waals surface area (Å²) >= 11 is 0. The molecule has 1 unspecified atom stereocenters. The van der Waals surface area contributed by atoms with Gasteiger partial charge >= 0.3 is 0 Å². The summed E-state index contributed by atoms with van der Waals surface area (Å²) in [4.78, 5) is 11.4. The molecule has 8 heteroatoms. The highest BCUT2D eigenvalue weighted by atomic mass is 35.7. The molecule has 0 aliphatic heterocycles. The van der Waals surface area contributed by atoms with E-state index in [1.54, 1.807) is 6.92 Å². The highest BCUT2D eigenvalue weighted by molar-refractivity contribution is 8.13. The van der Waals surface area contributed by atoms with Crippen molar-refractivity contribution < 1.29 is 22.3 Å². The van der Waals surface area contributed by atoms with Crippen molar-refractivity contribution in [2.45, 2.75) is 37.6 Å². The van der Waals surface area contributed by atoms with Crippen molar-refractivity contribution in [3.63, 3.8) is 0 Å². The first-order valence-electron chi connectivity index (χ1n) is 6.33. The first kappa shape index (κ1) is 17.7. The minimum absolute atomic E-state index is 0.108. The summed E-state index contributed by atoms with van der Waals surface area (Å²) in [5.41, 5.74) is -0.129. The van der Waals surface area contributed by atoms with Crippen LogP contribution in [-0.4, -0.2) is 27.5 Å². The molecule has 1 rings (SSSR count). The zero-order chi connectivity index (χ0) is 16.2. The maximum absolute atomic E-state index is 13.9. The molecule has 0 bridgehead atoms. The van der Waals surface area contributed by atoms with Crippen molar-refractivity contribution in [1.82, 2.24) is 5.32 Å². The zero-order valence-electron chi connectivity index (χ0n) is 11.9. The van der Waals surface area contributed by atoms with Gasteiger partial charge in [-0.1, -0.05) is 13.3 Å². The Morgan fingerprint density at radius 1 is 1.48 bits per heavy atom. The van der Waals surface area contributed by atoms with Gasteiger partial charge in [0.25, 0.3) is 15.0 Å². The maximum atomic E-state index is 13.9. The van der Waals surface area contributed by atoms with E-state index in [4.69, 9.17) is 10.7 Å². The molecule has 0 fully saturated rings. The SMILES string of the molecule is CCCC(C)NC(=O)c1cc(F)c(OC)c(S(=O)(=O)Cl)c1. The Balaban J connectivity index is 3.22. The third-order valence-corrected chi connectivity index (χ3v) is 4.17. The number of benzene rings is 1. The number of carbonyl (C=O) groups excluding carboxylic acids is 1. The fourth-order valence-corrected chi connectivity index (χ4v) is 2.90. The van der Waals surface area contributed by atoms with Gasteiger partial charge in [0.15, 0.2) is 11.6 Å². The van der Waals surface area contributed by atoms with Gasteiger partial charge in [-0.3, -0.25) is 4.79 Å². The Morgan fingerprint density at radius 3 is 2.57 bits per heavy atom. The summed E-state index contributed by atoms with van der Waals surface area (Å²) in [7, 11) is 2.12. The monoisotopic (exact) mass is 337 g/mol. The fraction of sp³-hybridized carbons (Fsp3) is 0.462. The van der Waals surface area contributed by atoms with Crippen LogP contribution in [0.15, 0.2) is 17.0 Å². The highest BCUT2D eigenvalue weighted by Gasteiger charge is 2.24. The van der Waals surface area contributed by atoms with Crippen LogP contribution in [0.5, 0.6) is 5.75 Å². The number of ether oxygens (including phenoxy) is 1. The van der Waals surface area contributed by atoms with E-state index in [0.717, 1.165) is 32.1 Å². The van der Waals surface area contributed by atoms with E-state index in [-0.39, 0.29) is 11.6 Å². The largest absolute Gasteiger partial charge is 0.492 e. The molecule has 118 valence electrons. The number of halogens is 2. The van der Waals surface area contributed by atoms with E-state index < -0.39 is 31.4 Å². The molecule has 0 radical (unpaired) electrons. The molecule has 1 amide bonds. The normalized spacial score (nSPS) is 12.8. The second kappa shape index (κ2) is 7.09. The Hall–Kier alpha value is -1.34. The molecular weight excluding hydrogens is 321 g/mol. The summed E-state index contributed by atoms with van der Waals surface area (Å²) in [5.74, 6) is -2.05. The quantitative estimate of drug-likeness (QED) is 0.810. The van der Waals surface area contributed by atoms with Gasteiger partial charge in [-0.05, 0) is 25.5 Å². The van der Waals surface area contributed by atoms with E-state index in [1.165, 1.54) is 0 Å². The topological polar surface area (TPSA) is 72.5 Å². The van der Waals surface area contributed by atoms with Crippen molar-refractivity contribution in [2.24, 2.45) is 0 Å². The highest BCUT2D eigenvalue weighted by Crippen LogP contribution is 2.31. The number of hydrogen-bond donors (Lipinski definition) is 1. The van der Waals surface area contributed by atoms with Crippen molar-refractivity contribution in [1.29, 1.82) is 0 Å². The Kier molecular flexibility index (Phi) is 5.98. The van der Waals surface area contributed by atoms with Crippen molar-refractivity contribution in [3.8, 4) is 5.75 Å². The number of amides is 1. The lowest BCUT2D eigenvalue weighted by Crippen LogP contribution is -2.32. The standard InChI is InChI=1S/C13H17ClFNO4S/c1-4-5-8(2)16-13(17)9-6-10(15)12(20-3)11(7-9)21(14,18)19/h6-8H,4-5H2,1-3H3,(H,16,17). The van der Waals surface area contributed by atoms with Crippen LogP contribution < -0.4 is 10.1 Å². The van der Waals surface area contributed by atoms with Gasteiger partial charge in [-0.2, -0.15) is 0 Å². The molecular formula is C13H17ClFNO4S. The number of methoxy groups -OCH3 is 1. The molecule has 0 heterocycles. The van der Waals surface area contributed by atoms with Gasteiger partial charge in [-0.15, -0.1) is 0 Å². The Morgan fingerprint density at radius 2 is 2.10 bits per heavy atom. The smallest absolute Gasteiger partial charge is 0.265 e. The molecule has 1 aromatic carbocycles. The second-order valence-electron chi connectivity index (χ2n) is 4.59. The molecule has 0 aromatic heterocycles. The zero-order valence-corrected chi connectivity index (χ0v) is 13.5. The van der Waals surface area contributed by atoms with E-state index in [2.05, 4.69) is 10.1 Å². The van der Waals surface area contributed by atoms with Crippen LogP contribution in [0.2, 0.25) is 0 Å². The van der Waals surface area contributed by atoms with Gasteiger partial charge < -0.3 is 10.1 Å². The summed E-state index contributed by atoms with van der Waals surface area (Å²) in [6.07, 6.45) is 1.63. The van der Waals surface area contributed by atoms with E-state index >= 15 is 0 Å². The van der Waals surface area contributed by atoms with Crippen molar-refractivity contribution in [3.05, 3.63) is 23.5 Å². The lowest BCUT2D eigenvalue weighted by molar-refractivity contribution is 0.0937. The third-order valence-electron chi connectivity index (χ3n) is 2.84. The van der Waals surface area contributed by atoms with Crippen LogP contribution in [0.4, 0.5) is 4.39 Å². The van der Waals surface area contributed by atoms with E-state index in [1.807, 2.05) is 6.92 Å². The predicted octanol–water partition coefficient (Wildman–Crippen LogP) is 2.68. The Labute approximate surface area is 127 Å². The average molecular weight is 338 g/mol. The van der Waals surface area contributed by atoms with E-state index in [0.29, 0.717) is 0 Å². The number of hydrogen-bond acceptors (Lipinski definition) is 4. The Bertz CT molecular complexity index is 633. The minimum atomic E-state index is -4.24. The summed E-state index contributed by atoms with van der Waals surface area (Å²) in [6, 6.07) is 1.81. The van der Waals surface area contributed by atoms with Crippen LogP contribution in [0, 0.1) is 5.82 Å². The number of rotatable bonds is 6. The molecule has 0 spiro atoms. The van der Waals surface area contributed by atoms with Gasteiger partial charge in [0.1, 0.15) is 4.90 Å². The van der Waals surface area contributed by atoms with Crippen LogP contribution in [0.1, 0.15) is 37.0 Å². The number of nitrogens with one attached hydrogen (secondary N) is 1. The van der Waals surface area contributed by atoms with Gasteiger partial charge in [0.05, 0.1) is 7.11 Å². The van der Waals surface area contributed by atoms with Crippen LogP contribution >= 0.6 is 10.7 Å². The lowest BCUT2D eigenvalue weighted by atomic mass is 10.1. The number of carbonyl (C=O) groups is 1. The second-order valence-corrected chi connectivity index (χ2v) is 7.12. The van der Waals surface area contributed by atoms with Gasteiger partial charge in [-0.25, -0.2) is 12.8 Å². The van der Waals surface area contributed by atoms with Crippen molar-refractivity contribution >= 4 is 25.6 Å². The molecule has 0 aliphatic rings. The van der Waals surface area contributed by atoms with Crippen LogP contribution in [0.3, 0.4) is 0 Å². The maximum Gasteiger partial charge on any atom is 0.265 e. The predicted molar refractivity (Wildman–Crippen MR) is 77.8 cm³/mol. The molecule has 1 atom stereocenters. The summed E-state index contributed by atoms with van der Waals surface area (Å²) in [5, 5.41) is 2.66. The summed E-state index contributed by atoms with van der Waals surface area (Å²) < 4.78 is 41.4. The van der Waals surface area contributed by atoms with Gasteiger partial charge in [0, 0.05) is 22.3 Å². The van der Waals surface area contributed by atoms with Crippen LogP contribution in [0.25, 0.3) is 0 Å². The van der Waals surface area contributed by atoms with Gasteiger partial charge in [0.2, 0.25) is 0 Å². The van der Waals surface area contributed by atoms with E-state index in [9.17, 15) is 17.6 Å². The fourth-order valence-electron chi connectivity index (χ4n) is 1.89. The first-order chi connectivity index (χ1) is 9.70. The molecule has 0 saturated heterocycles. The molecule has 5 nitrogen and oxygen atoms in total. The summed E-state index contributed by atoms with van der Waals surface area (Å²) in [6.45, 7) is 3.77. The molecule has 1 N–H and O–H groups in total. The third kappa shape index (κ3) is 4.57. The molecule has 0 saturated carbocycles. The average Bonchev–Trinajstić information content (AvgIpc) is 2.36. The molecule has 0 aliphatic carbocycles. The first-order valence-corrected chi connectivity index (χ1v) is 8.64. The minimum Gasteiger partial charge on any atom is -0.492 e. The lowest BCUT2D eigenvalue weighted by Gasteiger charge is -2.14. The molecule has 1 aromatic rings. The van der Waals surface area contributed by atoms with Crippen molar-refractivity contribution in [2.75, 3.05) is 7.11 Å².